The Morgan fingerprint density at radius 2 is 1.77 bits per heavy atom. The van der Waals surface area contributed by atoms with Gasteiger partial charge in [0.1, 0.15) is 0 Å². The molecule has 0 aromatic heterocycles. The predicted octanol–water partition coefficient (Wildman–Crippen LogP) is 3.25. The quantitative estimate of drug-likeness (QED) is 0.796. The van der Waals surface area contributed by atoms with E-state index in [4.69, 9.17) is 0 Å². The second kappa shape index (κ2) is 7.07. The summed E-state index contributed by atoms with van der Waals surface area (Å²) in [5, 5.41) is 1.96. The molecule has 0 saturated heterocycles. The maximum absolute atomic E-state index is 12.9. The number of hydrogen-bond donors (Lipinski definition) is 0. The number of fused-ring (bicyclic) bond motifs is 1. The Balaban J connectivity index is 2.31. The van der Waals surface area contributed by atoms with E-state index in [-0.39, 0.29) is 24.3 Å². The third-order valence-corrected chi connectivity index (χ3v) is 3.69. The molecule has 0 N–H and O–H groups in total. The summed E-state index contributed by atoms with van der Waals surface area (Å²) in [6.45, 7) is 4.24. The fourth-order valence-corrected chi connectivity index (χ4v) is 2.47. The Labute approximate surface area is 130 Å². The molecule has 0 spiro atoms. The normalized spacial score (nSPS) is 10.7. The van der Waals surface area contributed by atoms with E-state index < -0.39 is 0 Å². The number of hydrogen-bond acceptors (Lipinski definition) is 3. The zero-order chi connectivity index (χ0) is 16.1. The van der Waals surface area contributed by atoms with Gasteiger partial charge in [-0.15, -0.1) is 0 Å². The molecule has 0 heterocycles. The molecule has 0 aliphatic heterocycles. The summed E-state index contributed by atoms with van der Waals surface area (Å²) in [7, 11) is 1.36. The molecular weight excluding hydrogens is 278 g/mol. The van der Waals surface area contributed by atoms with E-state index in [1.807, 2.05) is 56.3 Å². The highest BCUT2D eigenvalue weighted by molar-refractivity contribution is 6.07. The summed E-state index contributed by atoms with van der Waals surface area (Å²) < 4.78 is 4.66. The number of esters is 1. The molecule has 1 amide bonds. The number of rotatable bonds is 5. The van der Waals surface area contributed by atoms with Gasteiger partial charge in [-0.2, -0.15) is 0 Å². The highest BCUT2D eigenvalue weighted by atomic mass is 16.5. The number of amides is 1. The first-order valence-corrected chi connectivity index (χ1v) is 7.40. The van der Waals surface area contributed by atoms with Gasteiger partial charge in [0.05, 0.1) is 13.5 Å². The average Bonchev–Trinajstić information content (AvgIpc) is 2.53. The van der Waals surface area contributed by atoms with Crippen molar-refractivity contribution in [3.63, 3.8) is 0 Å². The molecule has 2 rings (SSSR count). The minimum Gasteiger partial charge on any atom is -0.469 e. The lowest BCUT2D eigenvalue weighted by atomic mass is 10.0. The second-order valence-electron chi connectivity index (χ2n) is 5.45. The number of benzene rings is 2. The lowest BCUT2D eigenvalue weighted by molar-refractivity contribution is -0.140. The molecule has 116 valence electrons. The van der Waals surface area contributed by atoms with Crippen LogP contribution in [0.5, 0.6) is 0 Å². The average molecular weight is 299 g/mol. The Kier molecular flexibility index (Phi) is 5.15. The van der Waals surface area contributed by atoms with E-state index in [1.165, 1.54) is 7.11 Å². The molecular formula is C18H21NO3. The van der Waals surface area contributed by atoms with Crippen LogP contribution in [0.2, 0.25) is 0 Å². The number of nitrogens with zero attached hydrogens (tertiary/aromatic N) is 1. The smallest absolute Gasteiger partial charge is 0.307 e. The van der Waals surface area contributed by atoms with Gasteiger partial charge in [-0.25, -0.2) is 0 Å². The van der Waals surface area contributed by atoms with Crippen LogP contribution in [0, 0.1) is 0 Å². The molecule has 0 bridgehead atoms. The van der Waals surface area contributed by atoms with Crippen LogP contribution in [0.1, 0.15) is 30.6 Å². The SMILES string of the molecule is COC(=O)CCN(C(=O)c1cccc2ccccc12)C(C)C. The van der Waals surface area contributed by atoms with E-state index in [0.717, 1.165) is 10.8 Å². The number of carbonyl (C=O) groups is 2. The van der Waals surface area contributed by atoms with Crippen LogP contribution in [-0.4, -0.2) is 36.5 Å². The zero-order valence-electron chi connectivity index (χ0n) is 13.2. The monoisotopic (exact) mass is 299 g/mol. The Bertz CT molecular complexity index is 674. The Morgan fingerprint density at radius 3 is 2.45 bits per heavy atom. The van der Waals surface area contributed by atoms with E-state index in [0.29, 0.717) is 12.1 Å². The highest BCUT2D eigenvalue weighted by Gasteiger charge is 2.21. The van der Waals surface area contributed by atoms with Crippen LogP contribution in [-0.2, 0) is 9.53 Å². The molecule has 4 nitrogen and oxygen atoms in total. The number of methoxy groups -OCH3 is 1. The van der Waals surface area contributed by atoms with E-state index >= 15 is 0 Å². The van der Waals surface area contributed by atoms with Crippen molar-refractivity contribution in [3.05, 3.63) is 48.0 Å². The summed E-state index contributed by atoms with van der Waals surface area (Å²) in [6, 6.07) is 13.5. The summed E-state index contributed by atoms with van der Waals surface area (Å²) in [5.41, 5.74) is 0.664. The minimum atomic E-state index is -0.309. The first-order valence-electron chi connectivity index (χ1n) is 7.40. The van der Waals surface area contributed by atoms with Crippen LogP contribution >= 0.6 is 0 Å². The molecule has 2 aromatic carbocycles. The second-order valence-corrected chi connectivity index (χ2v) is 5.45. The third-order valence-electron chi connectivity index (χ3n) is 3.69. The summed E-state index contributed by atoms with van der Waals surface area (Å²) in [5.74, 6) is -0.368. The molecule has 0 saturated carbocycles. The van der Waals surface area contributed by atoms with Crippen molar-refractivity contribution >= 4 is 22.6 Å². The van der Waals surface area contributed by atoms with E-state index in [2.05, 4.69) is 4.74 Å². The van der Waals surface area contributed by atoms with Crippen molar-refractivity contribution in [2.75, 3.05) is 13.7 Å². The van der Waals surface area contributed by atoms with Crippen molar-refractivity contribution in [2.45, 2.75) is 26.3 Å². The molecule has 0 atom stereocenters. The van der Waals surface area contributed by atoms with Gasteiger partial charge in [0.25, 0.3) is 5.91 Å². The lowest BCUT2D eigenvalue weighted by Gasteiger charge is -2.27. The van der Waals surface area contributed by atoms with Crippen LogP contribution in [0.15, 0.2) is 42.5 Å². The molecule has 0 radical (unpaired) electrons. The lowest BCUT2D eigenvalue weighted by Crippen LogP contribution is -2.38. The Hall–Kier alpha value is -2.36. The molecule has 0 aliphatic carbocycles. The van der Waals surface area contributed by atoms with Gasteiger partial charge in [0, 0.05) is 18.2 Å². The maximum atomic E-state index is 12.9. The molecule has 0 unspecified atom stereocenters. The van der Waals surface area contributed by atoms with Crippen molar-refractivity contribution in [1.29, 1.82) is 0 Å². The van der Waals surface area contributed by atoms with Crippen molar-refractivity contribution in [2.24, 2.45) is 0 Å². The fourth-order valence-electron chi connectivity index (χ4n) is 2.47. The first kappa shape index (κ1) is 16.0. The van der Waals surface area contributed by atoms with Gasteiger partial charge in [0.2, 0.25) is 0 Å². The molecule has 4 heteroatoms. The highest BCUT2D eigenvalue weighted by Crippen LogP contribution is 2.21. The number of ether oxygens (including phenoxy) is 1. The van der Waals surface area contributed by atoms with Gasteiger partial charge >= 0.3 is 5.97 Å². The third kappa shape index (κ3) is 3.45. The van der Waals surface area contributed by atoms with Gasteiger partial charge < -0.3 is 9.64 Å². The fraction of sp³-hybridized carbons (Fsp3) is 0.333. The molecule has 2 aromatic rings. The zero-order valence-corrected chi connectivity index (χ0v) is 13.2. The van der Waals surface area contributed by atoms with Crippen molar-refractivity contribution in [3.8, 4) is 0 Å². The molecule has 22 heavy (non-hydrogen) atoms. The van der Waals surface area contributed by atoms with Crippen molar-refractivity contribution < 1.29 is 14.3 Å². The summed E-state index contributed by atoms with van der Waals surface area (Å²) >= 11 is 0. The maximum Gasteiger partial charge on any atom is 0.307 e. The summed E-state index contributed by atoms with van der Waals surface area (Å²) in [4.78, 5) is 25.9. The Morgan fingerprint density at radius 1 is 1.09 bits per heavy atom. The minimum absolute atomic E-state index is 0.0103. The van der Waals surface area contributed by atoms with Gasteiger partial charge in [-0.05, 0) is 30.7 Å². The number of carbonyl (C=O) groups excluding carboxylic acids is 2. The van der Waals surface area contributed by atoms with Gasteiger partial charge in [0.15, 0.2) is 0 Å². The van der Waals surface area contributed by atoms with Crippen LogP contribution in [0.25, 0.3) is 10.8 Å². The molecule has 0 fully saturated rings. The predicted molar refractivity (Wildman–Crippen MR) is 86.8 cm³/mol. The van der Waals surface area contributed by atoms with E-state index in [1.54, 1.807) is 4.90 Å². The standard InChI is InChI=1S/C18H21NO3/c1-13(2)19(12-11-17(20)22-3)18(21)16-10-6-8-14-7-4-5-9-15(14)16/h4-10,13H,11-12H2,1-3H3. The molecule has 0 aliphatic rings. The largest absolute Gasteiger partial charge is 0.469 e. The topological polar surface area (TPSA) is 46.6 Å². The van der Waals surface area contributed by atoms with Crippen LogP contribution in [0.3, 0.4) is 0 Å². The van der Waals surface area contributed by atoms with Crippen LogP contribution in [0.4, 0.5) is 0 Å². The summed E-state index contributed by atoms with van der Waals surface area (Å²) in [6.07, 6.45) is 0.200. The van der Waals surface area contributed by atoms with Gasteiger partial charge in [-0.1, -0.05) is 36.4 Å². The van der Waals surface area contributed by atoms with Crippen LogP contribution < -0.4 is 0 Å². The first-order chi connectivity index (χ1) is 10.5. The van der Waals surface area contributed by atoms with Crippen molar-refractivity contribution in [1.82, 2.24) is 4.90 Å². The van der Waals surface area contributed by atoms with Gasteiger partial charge in [-0.3, -0.25) is 9.59 Å². The van der Waals surface area contributed by atoms with E-state index in [9.17, 15) is 9.59 Å².